The second-order valence-electron chi connectivity index (χ2n) is 5.92. The van der Waals surface area contributed by atoms with Gasteiger partial charge in [0.15, 0.2) is 0 Å². The predicted molar refractivity (Wildman–Crippen MR) is 105 cm³/mol. The van der Waals surface area contributed by atoms with Crippen LogP contribution in [0.3, 0.4) is 0 Å². The van der Waals surface area contributed by atoms with Crippen LogP contribution < -0.4 is 10.9 Å². The van der Waals surface area contributed by atoms with E-state index in [1.807, 2.05) is 36.4 Å². The number of carbonyl (C=O) groups excluding carboxylic acids is 1. The van der Waals surface area contributed by atoms with Crippen LogP contribution in [0.15, 0.2) is 88.5 Å². The lowest BCUT2D eigenvalue weighted by molar-refractivity contribution is -0.114. The lowest BCUT2D eigenvalue weighted by Gasteiger charge is -2.13. The van der Waals surface area contributed by atoms with Crippen LogP contribution in [0.25, 0.3) is 6.08 Å². The number of furan rings is 1. The number of anilines is 1. The lowest BCUT2D eigenvalue weighted by Crippen LogP contribution is -2.35. The zero-order valence-electron chi connectivity index (χ0n) is 14.6. The molecule has 6 heteroatoms. The van der Waals surface area contributed by atoms with E-state index in [4.69, 9.17) is 10.3 Å². The molecular formula is C21H19N3O3. The third-order valence-electron chi connectivity index (χ3n) is 4.05. The summed E-state index contributed by atoms with van der Waals surface area (Å²) < 4.78 is 5.68. The summed E-state index contributed by atoms with van der Waals surface area (Å²) in [5.74, 6) is 6.54. The van der Waals surface area contributed by atoms with E-state index in [-0.39, 0.29) is 5.91 Å². The molecule has 0 aliphatic rings. The minimum Gasteiger partial charge on any atom is -0.462 e. The minimum atomic E-state index is -0.520. The van der Waals surface area contributed by atoms with Crippen molar-refractivity contribution in [2.75, 3.05) is 5.01 Å². The molecule has 1 heterocycles. The molecule has 1 unspecified atom stereocenters. The second kappa shape index (κ2) is 8.73. The maximum atomic E-state index is 12.1. The van der Waals surface area contributed by atoms with Crippen molar-refractivity contribution < 1.29 is 9.21 Å². The molecule has 0 fully saturated rings. The Morgan fingerprint density at radius 3 is 2.37 bits per heavy atom. The fourth-order valence-electron chi connectivity index (χ4n) is 2.63. The van der Waals surface area contributed by atoms with Crippen LogP contribution in [0, 0.1) is 4.91 Å². The average Bonchev–Trinajstić information content (AvgIpc) is 3.18. The highest BCUT2D eigenvalue weighted by atomic mass is 16.3. The second-order valence-corrected chi connectivity index (χ2v) is 5.92. The van der Waals surface area contributed by atoms with Gasteiger partial charge in [0.1, 0.15) is 17.6 Å². The summed E-state index contributed by atoms with van der Waals surface area (Å²) in [6, 6.07) is 21.2. The van der Waals surface area contributed by atoms with Gasteiger partial charge in [-0.15, -0.1) is 0 Å². The van der Waals surface area contributed by atoms with E-state index in [9.17, 15) is 9.70 Å². The highest BCUT2D eigenvalue weighted by Crippen LogP contribution is 2.23. The summed E-state index contributed by atoms with van der Waals surface area (Å²) in [7, 11) is 0. The van der Waals surface area contributed by atoms with Gasteiger partial charge < -0.3 is 4.42 Å². The molecule has 0 spiro atoms. The molecule has 2 aromatic carbocycles. The number of amides is 1. The van der Waals surface area contributed by atoms with Crippen LogP contribution in [0.2, 0.25) is 0 Å². The van der Waals surface area contributed by atoms with E-state index in [0.29, 0.717) is 23.6 Å². The van der Waals surface area contributed by atoms with Crippen molar-refractivity contribution in [1.29, 1.82) is 0 Å². The van der Waals surface area contributed by atoms with E-state index < -0.39 is 6.04 Å². The van der Waals surface area contributed by atoms with Crippen LogP contribution in [0.4, 0.5) is 5.69 Å². The normalized spacial score (nSPS) is 12.0. The molecule has 0 saturated heterocycles. The topological polar surface area (TPSA) is 88.9 Å². The van der Waals surface area contributed by atoms with Gasteiger partial charge >= 0.3 is 0 Å². The van der Waals surface area contributed by atoms with Gasteiger partial charge in [-0.25, -0.2) is 10.9 Å². The monoisotopic (exact) mass is 361 g/mol. The summed E-state index contributed by atoms with van der Waals surface area (Å²) in [6.07, 6.45) is 3.23. The number of hydrazine groups is 1. The standard InChI is InChI=1S/C21H19N3O3/c22-24(17-9-5-2-6-10-17)21(25)14-13-18-11-12-19(27-18)15-20(23-26)16-7-3-1-4-8-16/h1-14,20H,15,22H2/b14-13+. The first-order valence-corrected chi connectivity index (χ1v) is 8.45. The minimum absolute atomic E-state index is 0.350. The zero-order valence-corrected chi connectivity index (χ0v) is 14.6. The van der Waals surface area contributed by atoms with Crippen molar-refractivity contribution in [1.82, 2.24) is 0 Å². The van der Waals surface area contributed by atoms with Gasteiger partial charge in [0, 0.05) is 12.5 Å². The Bertz CT molecular complexity index is 920. The molecule has 136 valence electrons. The van der Waals surface area contributed by atoms with Gasteiger partial charge in [-0.2, -0.15) is 4.91 Å². The molecule has 1 atom stereocenters. The van der Waals surface area contributed by atoms with Crippen molar-refractivity contribution in [3.63, 3.8) is 0 Å². The first-order chi connectivity index (χ1) is 13.2. The maximum absolute atomic E-state index is 12.1. The van der Waals surface area contributed by atoms with Crippen LogP contribution in [0.1, 0.15) is 23.1 Å². The van der Waals surface area contributed by atoms with Crippen molar-refractivity contribution in [2.24, 2.45) is 11.0 Å². The smallest absolute Gasteiger partial charge is 0.265 e. The number of rotatable bonds is 7. The number of nitroso groups, excluding NO2 is 1. The van der Waals surface area contributed by atoms with Gasteiger partial charge in [0.25, 0.3) is 5.91 Å². The van der Waals surface area contributed by atoms with Crippen LogP contribution in [-0.4, -0.2) is 5.91 Å². The molecular weight excluding hydrogens is 342 g/mol. The summed E-state index contributed by atoms with van der Waals surface area (Å²) in [5, 5.41) is 4.25. The first kappa shape index (κ1) is 18.3. The molecule has 1 aromatic heterocycles. The third-order valence-corrected chi connectivity index (χ3v) is 4.05. The number of hydrogen-bond donors (Lipinski definition) is 1. The van der Waals surface area contributed by atoms with Crippen LogP contribution in [0.5, 0.6) is 0 Å². The van der Waals surface area contributed by atoms with Crippen molar-refractivity contribution in [3.05, 3.63) is 101 Å². The third kappa shape index (κ3) is 4.77. The summed E-state index contributed by atoms with van der Waals surface area (Å²) in [6.45, 7) is 0. The van der Waals surface area contributed by atoms with Crippen LogP contribution >= 0.6 is 0 Å². The van der Waals surface area contributed by atoms with E-state index >= 15 is 0 Å². The van der Waals surface area contributed by atoms with Gasteiger partial charge in [-0.1, -0.05) is 53.7 Å². The van der Waals surface area contributed by atoms with Gasteiger partial charge in [-0.05, 0) is 35.9 Å². The molecule has 0 aliphatic carbocycles. The Hall–Kier alpha value is -3.51. The lowest BCUT2D eigenvalue weighted by atomic mass is 10.0. The molecule has 27 heavy (non-hydrogen) atoms. The van der Waals surface area contributed by atoms with E-state index in [2.05, 4.69) is 5.18 Å². The van der Waals surface area contributed by atoms with Gasteiger partial charge in [0.05, 0.1) is 5.69 Å². The number of hydrogen-bond acceptors (Lipinski definition) is 5. The number of carbonyl (C=O) groups is 1. The fourth-order valence-corrected chi connectivity index (χ4v) is 2.63. The number of para-hydroxylation sites is 1. The summed E-state index contributed by atoms with van der Waals surface area (Å²) in [4.78, 5) is 23.3. The molecule has 3 rings (SSSR count). The molecule has 0 saturated carbocycles. The Labute approximate surface area is 156 Å². The van der Waals surface area contributed by atoms with Crippen molar-refractivity contribution in [2.45, 2.75) is 12.5 Å². The SMILES string of the molecule is NN(C(=O)/C=C/c1ccc(CC(N=O)c2ccccc2)o1)c1ccccc1. The summed E-state index contributed by atoms with van der Waals surface area (Å²) in [5.41, 5.74) is 1.42. The zero-order chi connectivity index (χ0) is 19.1. The van der Waals surface area contributed by atoms with E-state index in [1.165, 1.54) is 6.08 Å². The summed E-state index contributed by atoms with van der Waals surface area (Å²) >= 11 is 0. The van der Waals surface area contributed by atoms with E-state index in [1.54, 1.807) is 42.5 Å². The Kier molecular flexibility index (Phi) is 5.91. The Balaban J connectivity index is 1.64. The number of nitrogens with zero attached hydrogens (tertiary/aromatic N) is 2. The molecule has 0 bridgehead atoms. The fraction of sp³-hybridized carbons (Fsp3) is 0.0952. The van der Waals surface area contributed by atoms with Crippen molar-refractivity contribution >= 4 is 17.7 Å². The van der Waals surface area contributed by atoms with Crippen molar-refractivity contribution in [3.8, 4) is 0 Å². The number of benzene rings is 2. The quantitative estimate of drug-likeness (QED) is 0.224. The highest BCUT2D eigenvalue weighted by Gasteiger charge is 2.15. The van der Waals surface area contributed by atoms with Crippen LogP contribution in [-0.2, 0) is 11.2 Å². The largest absolute Gasteiger partial charge is 0.462 e. The van der Waals surface area contributed by atoms with E-state index in [0.717, 1.165) is 10.6 Å². The predicted octanol–water partition coefficient (Wildman–Crippen LogP) is 4.25. The molecule has 2 N–H and O–H groups in total. The molecule has 6 nitrogen and oxygen atoms in total. The Morgan fingerprint density at radius 2 is 1.70 bits per heavy atom. The number of nitrogens with two attached hydrogens (primary N) is 1. The average molecular weight is 361 g/mol. The van der Waals surface area contributed by atoms with Gasteiger partial charge in [0.2, 0.25) is 0 Å². The molecule has 0 radical (unpaired) electrons. The molecule has 1 amide bonds. The molecule has 3 aromatic rings. The molecule has 0 aliphatic heterocycles. The van der Waals surface area contributed by atoms with Gasteiger partial charge in [-0.3, -0.25) is 4.79 Å². The maximum Gasteiger partial charge on any atom is 0.265 e. The Morgan fingerprint density at radius 1 is 1.04 bits per heavy atom. The highest BCUT2D eigenvalue weighted by molar-refractivity contribution is 6.02. The first-order valence-electron chi connectivity index (χ1n) is 8.45.